The van der Waals surface area contributed by atoms with Gasteiger partial charge in [-0.25, -0.2) is 0 Å². The summed E-state index contributed by atoms with van der Waals surface area (Å²) in [6, 6.07) is 11.4. The van der Waals surface area contributed by atoms with E-state index in [0.29, 0.717) is 24.7 Å². The molecule has 2 N–H and O–H groups in total. The summed E-state index contributed by atoms with van der Waals surface area (Å²) in [4.78, 5) is 26.6. The van der Waals surface area contributed by atoms with Crippen LogP contribution >= 0.6 is 11.8 Å². The minimum absolute atomic E-state index is 0.0134. The van der Waals surface area contributed by atoms with Crippen LogP contribution in [0.3, 0.4) is 0 Å². The molecule has 0 spiro atoms. The Labute approximate surface area is 193 Å². The maximum atomic E-state index is 12.3. The number of methoxy groups -OCH3 is 1. The van der Waals surface area contributed by atoms with Gasteiger partial charge in [-0.2, -0.15) is 0 Å². The Morgan fingerprint density at radius 3 is 2.66 bits per heavy atom. The number of amides is 2. The van der Waals surface area contributed by atoms with E-state index in [0.717, 1.165) is 42.9 Å². The molecule has 2 aromatic rings. The molecule has 1 aliphatic heterocycles. The number of piperidine rings is 1. The third-order valence-corrected chi connectivity index (χ3v) is 6.21. The fourth-order valence-electron chi connectivity index (χ4n) is 3.48. The van der Waals surface area contributed by atoms with Gasteiger partial charge in [-0.3, -0.25) is 9.59 Å². The molecule has 1 fully saturated rings. The summed E-state index contributed by atoms with van der Waals surface area (Å²) >= 11 is 1.35. The first-order chi connectivity index (χ1) is 15.6. The number of ether oxygens (including phenoxy) is 1. The Kier molecular flexibility index (Phi) is 9.15. The minimum atomic E-state index is -0.0614. The van der Waals surface area contributed by atoms with Gasteiger partial charge in [0, 0.05) is 26.2 Å². The van der Waals surface area contributed by atoms with Gasteiger partial charge < -0.3 is 20.3 Å². The van der Waals surface area contributed by atoms with E-state index in [1.807, 2.05) is 43.3 Å². The van der Waals surface area contributed by atoms with Crippen molar-refractivity contribution in [3.63, 3.8) is 0 Å². The fourth-order valence-corrected chi connectivity index (χ4v) is 4.13. The van der Waals surface area contributed by atoms with Crippen molar-refractivity contribution in [1.29, 1.82) is 0 Å². The second-order valence-electron chi connectivity index (χ2n) is 7.72. The lowest BCUT2D eigenvalue weighted by atomic mass is 9.97. The van der Waals surface area contributed by atoms with Crippen LogP contribution in [0.1, 0.15) is 31.7 Å². The summed E-state index contributed by atoms with van der Waals surface area (Å²) in [6.45, 7) is 4.76. The van der Waals surface area contributed by atoms with Crippen LogP contribution in [0.2, 0.25) is 0 Å². The molecule has 1 aliphatic rings. The number of hydrogen-bond donors (Lipinski definition) is 2. The largest absolute Gasteiger partial charge is 0.497 e. The van der Waals surface area contributed by atoms with E-state index in [1.165, 1.54) is 11.8 Å². The molecule has 3 rings (SSSR count). The monoisotopic (exact) mass is 457 g/mol. The number of carbonyl (C=O) groups excluding carboxylic acids is 2. The van der Waals surface area contributed by atoms with Crippen molar-refractivity contribution in [2.24, 2.45) is 5.92 Å². The molecular weight excluding hydrogens is 426 g/mol. The molecule has 0 radical (unpaired) electrons. The van der Waals surface area contributed by atoms with E-state index in [2.05, 4.69) is 25.7 Å². The normalized spacial score (nSPS) is 15.8. The van der Waals surface area contributed by atoms with Gasteiger partial charge in [0.1, 0.15) is 10.8 Å². The van der Waals surface area contributed by atoms with Gasteiger partial charge in [0.05, 0.1) is 18.8 Å². The van der Waals surface area contributed by atoms with Crippen molar-refractivity contribution in [2.45, 2.75) is 37.8 Å². The summed E-state index contributed by atoms with van der Waals surface area (Å²) in [5, 5.41) is 15.2. The molecule has 2 heterocycles. The van der Waals surface area contributed by atoms with Gasteiger partial charge >= 0.3 is 0 Å². The lowest BCUT2D eigenvalue weighted by Gasteiger charge is -2.32. The summed E-state index contributed by atoms with van der Waals surface area (Å²) in [7, 11) is 1.62. The number of nitrogens with one attached hydrogen (secondary N) is 2. The lowest BCUT2D eigenvalue weighted by Crippen LogP contribution is -2.43. The van der Waals surface area contributed by atoms with Gasteiger partial charge in [-0.1, -0.05) is 30.8 Å². The molecule has 1 aromatic carbocycles. The average Bonchev–Trinajstić information content (AvgIpc) is 2.85. The number of thioether (sulfide) groups is 1. The van der Waals surface area contributed by atoms with Gasteiger partial charge in [-0.05, 0) is 49.1 Å². The van der Waals surface area contributed by atoms with Crippen LogP contribution < -0.4 is 20.3 Å². The van der Waals surface area contributed by atoms with Crippen LogP contribution in [0.25, 0.3) is 0 Å². The average molecular weight is 458 g/mol. The number of nitrogens with zero attached hydrogens (tertiary/aromatic N) is 3. The summed E-state index contributed by atoms with van der Waals surface area (Å²) in [5.41, 5.74) is 1.01. The van der Waals surface area contributed by atoms with Crippen molar-refractivity contribution in [2.75, 3.05) is 37.4 Å². The number of rotatable bonds is 10. The highest BCUT2D eigenvalue weighted by Crippen LogP contribution is 2.23. The highest BCUT2D eigenvalue weighted by atomic mass is 32.2. The van der Waals surface area contributed by atoms with E-state index in [9.17, 15) is 9.59 Å². The molecule has 172 valence electrons. The first-order valence-corrected chi connectivity index (χ1v) is 12.0. The Hall–Kier alpha value is -2.81. The van der Waals surface area contributed by atoms with Gasteiger partial charge in [0.25, 0.3) is 0 Å². The minimum Gasteiger partial charge on any atom is -0.497 e. The fraction of sp³-hybridized carbons (Fsp3) is 0.478. The van der Waals surface area contributed by atoms with E-state index >= 15 is 0 Å². The molecule has 0 bridgehead atoms. The molecular formula is C23H31N5O3S. The lowest BCUT2D eigenvalue weighted by molar-refractivity contribution is -0.125. The molecule has 8 nitrogen and oxygen atoms in total. The second kappa shape index (κ2) is 12.3. The smallest absolute Gasteiger partial charge is 0.230 e. The van der Waals surface area contributed by atoms with E-state index < -0.39 is 0 Å². The van der Waals surface area contributed by atoms with Gasteiger partial charge in [0.2, 0.25) is 11.8 Å². The third-order valence-electron chi connectivity index (χ3n) is 5.29. The molecule has 0 aliphatic carbocycles. The first kappa shape index (κ1) is 23.8. The zero-order chi connectivity index (χ0) is 22.8. The molecule has 9 heteroatoms. The topological polar surface area (TPSA) is 96.5 Å². The molecule has 32 heavy (non-hydrogen) atoms. The van der Waals surface area contributed by atoms with Crippen molar-refractivity contribution >= 4 is 29.4 Å². The van der Waals surface area contributed by atoms with Crippen molar-refractivity contribution in [3.8, 4) is 5.75 Å². The van der Waals surface area contributed by atoms with Crippen LogP contribution in [0.15, 0.2) is 41.4 Å². The summed E-state index contributed by atoms with van der Waals surface area (Å²) in [6.07, 6.45) is 2.79. The van der Waals surface area contributed by atoms with Crippen LogP contribution in [0.5, 0.6) is 5.75 Å². The van der Waals surface area contributed by atoms with Gasteiger partial charge in [-0.15, -0.1) is 10.2 Å². The number of hydrogen-bond acceptors (Lipinski definition) is 7. The van der Waals surface area contributed by atoms with Crippen molar-refractivity contribution < 1.29 is 14.3 Å². The Bertz CT molecular complexity index is 876. The number of carbonyl (C=O) groups is 2. The Balaban J connectivity index is 1.43. The highest BCUT2D eigenvalue weighted by molar-refractivity contribution is 7.99. The Morgan fingerprint density at radius 1 is 1.16 bits per heavy atom. The van der Waals surface area contributed by atoms with Crippen LogP contribution in [-0.2, 0) is 16.1 Å². The van der Waals surface area contributed by atoms with Crippen molar-refractivity contribution in [3.05, 3.63) is 42.0 Å². The van der Waals surface area contributed by atoms with E-state index in [1.54, 1.807) is 7.11 Å². The first-order valence-electron chi connectivity index (χ1n) is 11.0. The van der Waals surface area contributed by atoms with Gasteiger partial charge in [0.15, 0.2) is 5.82 Å². The number of benzene rings is 1. The number of anilines is 1. The van der Waals surface area contributed by atoms with Crippen LogP contribution in [0, 0.1) is 5.92 Å². The molecule has 2 amide bonds. The maximum absolute atomic E-state index is 12.3. The molecule has 0 unspecified atom stereocenters. The second-order valence-corrected chi connectivity index (χ2v) is 8.72. The predicted molar refractivity (Wildman–Crippen MR) is 126 cm³/mol. The van der Waals surface area contributed by atoms with Crippen LogP contribution in [-0.4, -0.2) is 54.5 Å². The highest BCUT2D eigenvalue weighted by Gasteiger charge is 2.26. The Morgan fingerprint density at radius 2 is 1.97 bits per heavy atom. The molecule has 1 saturated heterocycles. The zero-order valence-corrected chi connectivity index (χ0v) is 19.5. The number of aromatic nitrogens is 2. The summed E-state index contributed by atoms with van der Waals surface area (Å²) < 4.78 is 5.13. The van der Waals surface area contributed by atoms with E-state index in [4.69, 9.17) is 4.74 Å². The zero-order valence-electron chi connectivity index (χ0n) is 18.7. The standard InChI is InChI=1S/C23H31N5O3S/c1-3-12-24-23(30)18-5-4-13-28(15-18)20-10-11-22(27-26-20)32-16-21(29)25-14-17-6-8-19(31-2)9-7-17/h6-11,18H,3-5,12-16H2,1-2H3,(H,24,30)(H,25,29)/t18-/m0/s1. The quantitative estimate of drug-likeness (QED) is 0.530. The molecule has 0 saturated carbocycles. The molecule has 1 aromatic heterocycles. The predicted octanol–water partition coefficient (Wildman–Crippen LogP) is 2.64. The van der Waals surface area contributed by atoms with Crippen molar-refractivity contribution in [1.82, 2.24) is 20.8 Å². The van der Waals surface area contributed by atoms with E-state index in [-0.39, 0.29) is 23.5 Å². The SMILES string of the molecule is CCCNC(=O)[C@H]1CCCN(c2ccc(SCC(=O)NCc3ccc(OC)cc3)nn2)C1. The third kappa shape index (κ3) is 7.12. The molecule has 1 atom stereocenters. The van der Waals surface area contributed by atoms with Crippen LogP contribution in [0.4, 0.5) is 5.82 Å². The maximum Gasteiger partial charge on any atom is 0.230 e. The summed E-state index contributed by atoms with van der Waals surface area (Å²) in [5.74, 6) is 1.88.